The van der Waals surface area contributed by atoms with E-state index in [-0.39, 0.29) is 5.56 Å². The molecule has 0 radical (unpaired) electrons. The smallest absolute Gasteiger partial charge is 0.266 e. The number of aromatic nitrogens is 4. The Kier molecular flexibility index (Phi) is 6.17. The van der Waals surface area contributed by atoms with Crippen molar-refractivity contribution < 1.29 is 4.74 Å². The van der Waals surface area contributed by atoms with Crippen molar-refractivity contribution in [2.45, 2.75) is 26.1 Å². The van der Waals surface area contributed by atoms with Crippen LogP contribution in [0.1, 0.15) is 15.6 Å². The summed E-state index contributed by atoms with van der Waals surface area (Å²) in [6.07, 6.45) is 4.41. The van der Waals surface area contributed by atoms with Crippen molar-refractivity contribution in [3.8, 4) is 11.3 Å². The van der Waals surface area contributed by atoms with Gasteiger partial charge in [-0.3, -0.25) is 19.6 Å². The highest BCUT2D eigenvalue weighted by Gasteiger charge is 2.20. The van der Waals surface area contributed by atoms with Gasteiger partial charge in [0.2, 0.25) is 0 Å². The van der Waals surface area contributed by atoms with Crippen molar-refractivity contribution in [1.82, 2.24) is 29.5 Å². The molecule has 31 heavy (non-hydrogen) atoms. The molecular weight excluding hydrogens is 412 g/mol. The molecule has 0 amide bonds. The van der Waals surface area contributed by atoms with Gasteiger partial charge in [-0.15, -0.1) is 11.3 Å². The summed E-state index contributed by atoms with van der Waals surface area (Å²) in [5.74, 6) is 0. The van der Waals surface area contributed by atoms with E-state index < -0.39 is 0 Å². The van der Waals surface area contributed by atoms with Crippen molar-refractivity contribution in [1.29, 1.82) is 0 Å². The fraction of sp³-hybridized carbons (Fsp3) is 0.455. The van der Waals surface area contributed by atoms with Gasteiger partial charge in [-0.2, -0.15) is 5.10 Å². The van der Waals surface area contributed by atoms with Crippen LogP contribution < -0.4 is 5.56 Å². The number of hydrogen-bond acceptors (Lipinski definition) is 8. The lowest BCUT2D eigenvalue weighted by Crippen LogP contribution is -2.47. The zero-order valence-electron chi connectivity index (χ0n) is 17.4. The first-order chi connectivity index (χ1) is 15.2. The number of thiazole rings is 1. The summed E-state index contributed by atoms with van der Waals surface area (Å²) in [7, 11) is 0. The molecule has 0 atom stereocenters. The molecular formula is C22H26N6O2S. The molecule has 8 nitrogen and oxygen atoms in total. The monoisotopic (exact) mass is 438 g/mol. The predicted molar refractivity (Wildman–Crippen MR) is 119 cm³/mol. The molecule has 0 N–H and O–H groups in total. The highest BCUT2D eigenvalue weighted by atomic mass is 32.1. The molecule has 1 fully saturated rings. The summed E-state index contributed by atoms with van der Waals surface area (Å²) in [5, 5.41) is 5.75. The maximum atomic E-state index is 12.3. The van der Waals surface area contributed by atoms with E-state index in [0.29, 0.717) is 6.54 Å². The standard InChI is InChI=1S/C22H26N6O2S/c29-22-2-1-18(17-3-6-23-7-4-17)25-28(22)13-12-26-8-10-27(11-9-26)15-21-24-19-5-14-30-16-20(19)31-21/h1-4,6-7H,5,8-16H2. The van der Waals surface area contributed by atoms with E-state index in [0.717, 1.165) is 70.2 Å². The first-order valence-electron chi connectivity index (χ1n) is 10.7. The van der Waals surface area contributed by atoms with Crippen molar-refractivity contribution in [2.75, 3.05) is 39.3 Å². The Morgan fingerprint density at radius 2 is 1.81 bits per heavy atom. The lowest BCUT2D eigenvalue weighted by Gasteiger charge is -2.34. The van der Waals surface area contributed by atoms with E-state index in [2.05, 4.69) is 19.9 Å². The van der Waals surface area contributed by atoms with Crippen LogP contribution in [-0.4, -0.2) is 68.9 Å². The Bertz CT molecular complexity index is 1050. The molecule has 0 aliphatic carbocycles. The van der Waals surface area contributed by atoms with Crippen molar-refractivity contribution >= 4 is 11.3 Å². The maximum absolute atomic E-state index is 12.3. The van der Waals surface area contributed by atoms with Gasteiger partial charge < -0.3 is 4.74 Å². The van der Waals surface area contributed by atoms with Crippen LogP contribution in [0.3, 0.4) is 0 Å². The number of hydrogen-bond donors (Lipinski definition) is 0. The van der Waals surface area contributed by atoms with Gasteiger partial charge in [-0.05, 0) is 18.2 Å². The highest BCUT2D eigenvalue weighted by molar-refractivity contribution is 7.11. The topological polar surface area (TPSA) is 76.4 Å². The summed E-state index contributed by atoms with van der Waals surface area (Å²) in [4.78, 5) is 27.3. The Labute approximate surface area is 185 Å². The lowest BCUT2D eigenvalue weighted by molar-refractivity contribution is 0.112. The summed E-state index contributed by atoms with van der Waals surface area (Å²) in [6.45, 7) is 7.86. The van der Waals surface area contributed by atoms with E-state index in [1.165, 1.54) is 15.6 Å². The Morgan fingerprint density at radius 1 is 1.00 bits per heavy atom. The fourth-order valence-corrected chi connectivity index (χ4v) is 5.13. The van der Waals surface area contributed by atoms with Crippen LogP contribution in [0, 0.1) is 0 Å². The number of fused-ring (bicyclic) bond motifs is 1. The molecule has 2 aliphatic rings. The van der Waals surface area contributed by atoms with Crippen LogP contribution in [-0.2, 0) is 30.9 Å². The van der Waals surface area contributed by atoms with Crippen molar-refractivity contribution in [2.24, 2.45) is 0 Å². The van der Waals surface area contributed by atoms with Gasteiger partial charge in [0.25, 0.3) is 5.56 Å². The van der Waals surface area contributed by atoms with Crippen LogP contribution >= 0.6 is 11.3 Å². The SMILES string of the molecule is O=c1ccc(-c2ccncc2)nn1CCN1CCN(Cc2nc3c(s2)COCC3)CC1. The van der Waals surface area contributed by atoms with Gasteiger partial charge in [0.1, 0.15) is 5.01 Å². The molecule has 0 aromatic carbocycles. The first kappa shape index (κ1) is 20.4. The van der Waals surface area contributed by atoms with Gasteiger partial charge in [0.15, 0.2) is 0 Å². The van der Waals surface area contributed by atoms with E-state index in [1.807, 2.05) is 12.1 Å². The molecule has 162 valence electrons. The third-order valence-corrected chi connectivity index (χ3v) is 6.89. The number of ether oxygens (including phenoxy) is 1. The molecule has 1 saturated heterocycles. The minimum Gasteiger partial charge on any atom is -0.375 e. The zero-order chi connectivity index (χ0) is 21.0. The molecule has 0 spiro atoms. The summed E-state index contributed by atoms with van der Waals surface area (Å²) >= 11 is 1.80. The lowest BCUT2D eigenvalue weighted by atomic mass is 10.2. The third kappa shape index (κ3) is 4.90. The van der Waals surface area contributed by atoms with Gasteiger partial charge >= 0.3 is 0 Å². The molecule has 2 aliphatic heterocycles. The van der Waals surface area contributed by atoms with Gasteiger partial charge in [-0.1, -0.05) is 0 Å². The van der Waals surface area contributed by atoms with Crippen LogP contribution in [0.4, 0.5) is 0 Å². The minimum absolute atomic E-state index is 0.0619. The Morgan fingerprint density at radius 3 is 2.61 bits per heavy atom. The molecule has 0 bridgehead atoms. The average Bonchev–Trinajstić information content (AvgIpc) is 3.22. The van der Waals surface area contributed by atoms with E-state index in [1.54, 1.807) is 40.5 Å². The van der Waals surface area contributed by atoms with Crippen LogP contribution in [0.2, 0.25) is 0 Å². The molecule has 9 heteroatoms. The largest absolute Gasteiger partial charge is 0.375 e. The predicted octanol–water partition coefficient (Wildman–Crippen LogP) is 1.65. The van der Waals surface area contributed by atoms with Crippen LogP contribution in [0.5, 0.6) is 0 Å². The first-order valence-corrected chi connectivity index (χ1v) is 11.5. The Hall–Kier alpha value is -2.46. The number of rotatable bonds is 6. The summed E-state index contributed by atoms with van der Waals surface area (Å²) in [6, 6.07) is 7.18. The molecule has 5 heterocycles. The quantitative estimate of drug-likeness (QED) is 0.579. The summed E-state index contributed by atoms with van der Waals surface area (Å²) < 4.78 is 7.11. The zero-order valence-corrected chi connectivity index (χ0v) is 18.3. The second-order valence-corrected chi connectivity index (χ2v) is 9.08. The average molecular weight is 439 g/mol. The fourth-order valence-electron chi connectivity index (χ4n) is 4.03. The minimum atomic E-state index is -0.0619. The van der Waals surface area contributed by atoms with Gasteiger partial charge in [0.05, 0.1) is 42.6 Å². The normalized spacial score (nSPS) is 17.5. The molecule has 5 rings (SSSR count). The van der Waals surface area contributed by atoms with E-state index >= 15 is 0 Å². The van der Waals surface area contributed by atoms with Crippen molar-refractivity contribution in [3.05, 3.63) is 62.6 Å². The second-order valence-electron chi connectivity index (χ2n) is 7.91. The van der Waals surface area contributed by atoms with Gasteiger partial charge in [-0.25, -0.2) is 9.67 Å². The van der Waals surface area contributed by atoms with Crippen LogP contribution in [0.25, 0.3) is 11.3 Å². The molecule has 3 aromatic rings. The molecule has 3 aromatic heterocycles. The van der Waals surface area contributed by atoms with Crippen molar-refractivity contribution in [3.63, 3.8) is 0 Å². The molecule has 0 unspecified atom stereocenters. The molecule has 0 saturated carbocycles. The number of piperazine rings is 1. The van der Waals surface area contributed by atoms with E-state index in [4.69, 9.17) is 9.72 Å². The third-order valence-electron chi connectivity index (χ3n) is 5.83. The van der Waals surface area contributed by atoms with E-state index in [9.17, 15) is 4.79 Å². The number of pyridine rings is 1. The Balaban J connectivity index is 1.14. The number of nitrogens with zero attached hydrogens (tertiary/aromatic N) is 6. The van der Waals surface area contributed by atoms with Crippen LogP contribution in [0.15, 0.2) is 41.5 Å². The summed E-state index contributed by atoms with van der Waals surface area (Å²) in [5.41, 5.74) is 2.93. The van der Waals surface area contributed by atoms with Gasteiger partial charge in [0, 0.05) is 63.2 Å². The second kappa shape index (κ2) is 9.35. The maximum Gasteiger partial charge on any atom is 0.266 e. The highest BCUT2D eigenvalue weighted by Crippen LogP contribution is 2.24.